The number of likely N-dealkylation sites (tertiary alicyclic amines) is 1. The first-order chi connectivity index (χ1) is 14.0. The van der Waals surface area contributed by atoms with Crippen LogP contribution in [-0.2, 0) is 24.7 Å². The van der Waals surface area contributed by atoms with E-state index in [1.165, 1.54) is 24.0 Å². The zero-order chi connectivity index (χ0) is 22.1. The first-order valence-corrected chi connectivity index (χ1v) is 12.1. The van der Waals surface area contributed by atoms with Crippen LogP contribution in [0.5, 0.6) is 0 Å². The molecule has 2 atom stereocenters. The van der Waals surface area contributed by atoms with E-state index in [0.29, 0.717) is 0 Å². The highest BCUT2D eigenvalue weighted by molar-refractivity contribution is 7.92. The third kappa shape index (κ3) is 4.37. The van der Waals surface area contributed by atoms with Gasteiger partial charge in [-0.05, 0) is 37.6 Å². The van der Waals surface area contributed by atoms with Crippen LogP contribution < -0.4 is 4.72 Å². The fourth-order valence-corrected chi connectivity index (χ4v) is 6.39. The van der Waals surface area contributed by atoms with Crippen molar-refractivity contribution in [2.75, 3.05) is 13.1 Å². The predicted molar refractivity (Wildman–Crippen MR) is 105 cm³/mol. The molecule has 1 aliphatic heterocycles. The number of nitrogens with zero attached hydrogens (tertiary/aromatic N) is 1. The van der Waals surface area contributed by atoms with Gasteiger partial charge in [0.1, 0.15) is 11.6 Å². The quantitative estimate of drug-likeness (QED) is 0.710. The number of hydrogen-bond acceptors (Lipinski definition) is 5. The second kappa shape index (κ2) is 8.40. The number of amides is 1. The lowest BCUT2D eigenvalue weighted by molar-refractivity contribution is -0.131. The van der Waals surface area contributed by atoms with Crippen LogP contribution in [-0.4, -0.2) is 52.0 Å². The van der Waals surface area contributed by atoms with E-state index in [-0.39, 0.29) is 24.4 Å². The van der Waals surface area contributed by atoms with Gasteiger partial charge in [-0.15, -0.1) is 0 Å². The third-order valence-electron chi connectivity index (χ3n) is 4.86. The molecule has 30 heavy (non-hydrogen) atoms. The molecule has 2 aromatic rings. The van der Waals surface area contributed by atoms with Crippen LogP contribution in [0.4, 0.5) is 8.78 Å². The van der Waals surface area contributed by atoms with Crippen LogP contribution in [0.1, 0.15) is 13.3 Å². The van der Waals surface area contributed by atoms with Crippen LogP contribution in [0.3, 0.4) is 0 Å². The molecule has 1 N–H and O–H groups in total. The van der Waals surface area contributed by atoms with Crippen molar-refractivity contribution in [1.82, 2.24) is 9.62 Å². The molecule has 0 saturated carbocycles. The third-order valence-corrected chi connectivity index (χ3v) is 8.64. The van der Waals surface area contributed by atoms with Gasteiger partial charge in [0.2, 0.25) is 15.9 Å². The summed E-state index contributed by atoms with van der Waals surface area (Å²) in [6.07, 6.45) is 0.199. The van der Waals surface area contributed by atoms with E-state index in [1.54, 1.807) is 18.2 Å². The first kappa shape index (κ1) is 22.3. The molecule has 0 aliphatic carbocycles. The molecule has 1 amide bonds. The van der Waals surface area contributed by atoms with Crippen LogP contribution in [0.2, 0.25) is 0 Å². The minimum atomic E-state index is -4.65. The van der Waals surface area contributed by atoms with Crippen molar-refractivity contribution in [1.29, 1.82) is 0 Å². The molecule has 1 aliphatic rings. The highest BCUT2D eigenvalue weighted by Crippen LogP contribution is 2.25. The van der Waals surface area contributed by atoms with Gasteiger partial charge < -0.3 is 4.90 Å². The van der Waals surface area contributed by atoms with E-state index in [2.05, 4.69) is 0 Å². The Balaban J connectivity index is 1.72. The maximum Gasteiger partial charge on any atom is 0.247 e. The Kier molecular flexibility index (Phi) is 6.25. The summed E-state index contributed by atoms with van der Waals surface area (Å²) >= 11 is 0. The van der Waals surface area contributed by atoms with Crippen molar-refractivity contribution in [3.05, 3.63) is 60.2 Å². The lowest BCUT2D eigenvalue weighted by Crippen LogP contribution is -2.46. The highest BCUT2D eigenvalue weighted by atomic mass is 32.2. The number of halogens is 2. The largest absolute Gasteiger partial charge is 0.340 e. The van der Waals surface area contributed by atoms with Crippen LogP contribution in [0, 0.1) is 11.6 Å². The Morgan fingerprint density at radius 2 is 1.63 bits per heavy atom. The van der Waals surface area contributed by atoms with Crippen LogP contribution in [0.15, 0.2) is 58.3 Å². The van der Waals surface area contributed by atoms with Gasteiger partial charge in [0, 0.05) is 13.1 Å². The molecule has 11 heteroatoms. The number of rotatable bonds is 6. The smallest absolute Gasteiger partial charge is 0.247 e. The minimum absolute atomic E-state index is 0.101. The second-order valence-electron chi connectivity index (χ2n) is 6.95. The fourth-order valence-electron chi connectivity index (χ4n) is 3.34. The van der Waals surface area contributed by atoms with Crippen molar-refractivity contribution in [3.8, 4) is 0 Å². The standard InChI is InChI=1S/C19H20F2N2O5S2/c1-13(22-30(27,28)18-16(20)8-5-9-17(18)21)19(24)23-11-10-15(12-23)29(25,26)14-6-3-2-4-7-14/h2-9,13,15,22H,10-12H2,1H3. The summed E-state index contributed by atoms with van der Waals surface area (Å²) in [5.41, 5.74) is 0. The molecule has 1 fully saturated rings. The lowest BCUT2D eigenvalue weighted by Gasteiger charge is -2.22. The maximum absolute atomic E-state index is 13.8. The van der Waals surface area contributed by atoms with Gasteiger partial charge in [0.15, 0.2) is 14.7 Å². The summed E-state index contributed by atoms with van der Waals surface area (Å²) < 4.78 is 79.8. The van der Waals surface area contributed by atoms with Crippen molar-refractivity contribution in [2.24, 2.45) is 0 Å². The van der Waals surface area contributed by atoms with E-state index in [9.17, 15) is 30.4 Å². The summed E-state index contributed by atoms with van der Waals surface area (Å²) in [7, 11) is -8.30. The summed E-state index contributed by atoms with van der Waals surface area (Å²) in [6.45, 7) is 1.25. The minimum Gasteiger partial charge on any atom is -0.340 e. The topological polar surface area (TPSA) is 101 Å². The zero-order valence-corrected chi connectivity index (χ0v) is 17.6. The molecule has 2 unspecified atom stereocenters. The van der Waals surface area contributed by atoms with E-state index in [1.807, 2.05) is 4.72 Å². The Morgan fingerprint density at radius 3 is 2.23 bits per heavy atom. The molecular weight excluding hydrogens is 438 g/mol. The predicted octanol–water partition coefficient (Wildman–Crippen LogP) is 1.71. The lowest BCUT2D eigenvalue weighted by atomic mass is 10.3. The molecule has 3 rings (SSSR count). The highest BCUT2D eigenvalue weighted by Gasteiger charge is 2.38. The Morgan fingerprint density at radius 1 is 1.03 bits per heavy atom. The molecule has 1 heterocycles. The SMILES string of the molecule is CC(NS(=O)(=O)c1c(F)cccc1F)C(=O)N1CCC(S(=O)(=O)c2ccccc2)C1. The molecule has 0 bridgehead atoms. The summed E-state index contributed by atoms with van der Waals surface area (Å²) in [5.74, 6) is -3.24. The summed E-state index contributed by atoms with van der Waals surface area (Å²) in [5, 5.41) is -0.823. The van der Waals surface area contributed by atoms with Crippen LogP contribution in [0.25, 0.3) is 0 Å². The molecule has 7 nitrogen and oxygen atoms in total. The summed E-state index contributed by atoms with van der Waals surface area (Å²) in [6, 6.07) is 9.11. The Labute approximate surface area is 173 Å². The molecule has 0 aromatic heterocycles. The number of sulfonamides is 1. The number of carbonyl (C=O) groups excluding carboxylic acids is 1. The first-order valence-electron chi connectivity index (χ1n) is 9.08. The van der Waals surface area contributed by atoms with Crippen molar-refractivity contribution in [2.45, 2.75) is 34.4 Å². The number of sulfone groups is 1. The van der Waals surface area contributed by atoms with E-state index in [4.69, 9.17) is 0 Å². The number of hydrogen-bond donors (Lipinski definition) is 1. The van der Waals surface area contributed by atoms with Crippen LogP contribution >= 0.6 is 0 Å². The maximum atomic E-state index is 13.8. The van der Waals surface area contributed by atoms with E-state index < -0.39 is 53.6 Å². The van der Waals surface area contributed by atoms with E-state index >= 15 is 0 Å². The molecule has 0 radical (unpaired) electrons. The van der Waals surface area contributed by atoms with Gasteiger partial charge in [-0.3, -0.25) is 4.79 Å². The Bertz CT molecular complexity index is 1130. The van der Waals surface area contributed by atoms with Crippen molar-refractivity contribution >= 4 is 25.8 Å². The van der Waals surface area contributed by atoms with Gasteiger partial charge in [-0.1, -0.05) is 24.3 Å². The van der Waals surface area contributed by atoms with Gasteiger partial charge in [0.05, 0.1) is 16.2 Å². The monoisotopic (exact) mass is 458 g/mol. The molecule has 162 valence electrons. The van der Waals surface area contributed by atoms with Crippen molar-refractivity contribution in [3.63, 3.8) is 0 Å². The van der Waals surface area contributed by atoms with Gasteiger partial charge in [-0.25, -0.2) is 25.6 Å². The van der Waals surface area contributed by atoms with Gasteiger partial charge in [-0.2, -0.15) is 4.72 Å². The van der Waals surface area contributed by atoms with Crippen molar-refractivity contribution < 1.29 is 30.4 Å². The number of carbonyl (C=O) groups is 1. The molecule has 2 aromatic carbocycles. The van der Waals surface area contributed by atoms with Gasteiger partial charge in [0.25, 0.3) is 0 Å². The number of benzene rings is 2. The average molecular weight is 459 g/mol. The Hall–Kier alpha value is -2.37. The molecular formula is C19H20F2N2O5S2. The zero-order valence-electron chi connectivity index (χ0n) is 16.0. The normalized spacial score (nSPS) is 18.4. The van der Waals surface area contributed by atoms with E-state index in [0.717, 1.165) is 18.2 Å². The second-order valence-corrected chi connectivity index (χ2v) is 10.8. The van der Waals surface area contributed by atoms with Gasteiger partial charge >= 0.3 is 0 Å². The molecule has 0 spiro atoms. The average Bonchev–Trinajstić information content (AvgIpc) is 3.18. The summed E-state index contributed by atoms with van der Waals surface area (Å²) in [4.78, 5) is 12.9. The number of nitrogens with one attached hydrogen (secondary N) is 1. The molecule has 1 saturated heterocycles. The fraction of sp³-hybridized carbons (Fsp3) is 0.316.